The van der Waals surface area contributed by atoms with Crippen LogP contribution in [-0.2, 0) is 0 Å². The number of nitrogens with zero attached hydrogens (tertiary/aromatic N) is 1. The molecule has 3 nitrogen and oxygen atoms in total. The molecule has 1 aromatic carbocycles. The van der Waals surface area contributed by atoms with Crippen LogP contribution in [0.1, 0.15) is 21.6 Å². The predicted molar refractivity (Wildman–Crippen MR) is 65.4 cm³/mol. The molecule has 0 aliphatic heterocycles. The molecule has 3 heteroatoms. The van der Waals surface area contributed by atoms with E-state index in [9.17, 15) is 4.79 Å². The van der Waals surface area contributed by atoms with Gasteiger partial charge in [-0.25, -0.2) is 0 Å². The van der Waals surface area contributed by atoms with Gasteiger partial charge in [-0.1, -0.05) is 12.1 Å². The summed E-state index contributed by atoms with van der Waals surface area (Å²) in [6.07, 6.45) is 1.64. The van der Waals surface area contributed by atoms with E-state index in [-0.39, 0.29) is 5.78 Å². The second-order valence-electron chi connectivity index (χ2n) is 3.78. The summed E-state index contributed by atoms with van der Waals surface area (Å²) in [4.78, 5) is 16.2. The van der Waals surface area contributed by atoms with Crippen molar-refractivity contribution in [3.63, 3.8) is 0 Å². The van der Waals surface area contributed by atoms with E-state index < -0.39 is 0 Å². The molecule has 86 valence electrons. The Morgan fingerprint density at radius 1 is 1.24 bits per heavy atom. The highest BCUT2D eigenvalue weighted by Crippen LogP contribution is 2.15. The third-order valence-electron chi connectivity index (χ3n) is 2.48. The number of carbonyl (C=O) groups is 1. The highest BCUT2D eigenvalue weighted by Gasteiger charge is 2.10. The summed E-state index contributed by atoms with van der Waals surface area (Å²) in [6, 6.07) is 10.7. The van der Waals surface area contributed by atoms with Crippen LogP contribution in [0, 0.1) is 6.92 Å². The topological polar surface area (TPSA) is 39.2 Å². The molecule has 2 rings (SSSR count). The van der Waals surface area contributed by atoms with Gasteiger partial charge in [-0.3, -0.25) is 9.78 Å². The highest BCUT2D eigenvalue weighted by molar-refractivity contribution is 6.07. The fourth-order valence-electron chi connectivity index (χ4n) is 1.57. The number of rotatable bonds is 3. The van der Waals surface area contributed by atoms with Crippen molar-refractivity contribution in [2.75, 3.05) is 7.11 Å². The zero-order valence-corrected chi connectivity index (χ0v) is 9.81. The molecule has 0 radical (unpaired) electrons. The molecule has 0 fully saturated rings. The van der Waals surface area contributed by atoms with E-state index in [4.69, 9.17) is 4.74 Å². The lowest BCUT2D eigenvalue weighted by atomic mass is 10.1. The molecule has 0 atom stereocenters. The van der Waals surface area contributed by atoms with E-state index in [0.29, 0.717) is 17.0 Å². The maximum Gasteiger partial charge on any atom is 0.211 e. The number of benzene rings is 1. The van der Waals surface area contributed by atoms with Crippen LogP contribution in [0.4, 0.5) is 0 Å². The lowest BCUT2D eigenvalue weighted by molar-refractivity contribution is 0.103. The maximum atomic E-state index is 12.1. The lowest BCUT2D eigenvalue weighted by Gasteiger charge is -2.03. The molecule has 0 unspecified atom stereocenters. The van der Waals surface area contributed by atoms with Gasteiger partial charge >= 0.3 is 0 Å². The Labute approximate surface area is 100 Å². The zero-order valence-electron chi connectivity index (χ0n) is 9.81. The molecule has 0 amide bonds. The molecular formula is C14H13NO2. The quantitative estimate of drug-likeness (QED) is 0.757. The smallest absolute Gasteiger partial charge is 0.211 e. The standard InChI is InChI=1S/C14H13NO2/c1-10-6-7-15-13(8-10)14(16)11-4-3-5-12(9-11)17-2/h3-9H,1-2H3. The summed E-state index contributed by atoms with van der Waals surface area (Å²) in [7, 11) is 1.58. The summed E-state index contributed by atoms with van der Waals surface area (Å²) in [5.74, 6) is 0.580. The van der Waals surface area contributed by atoms with Crippen molar-refractivity contribution in [2.24, 2.45) is 0 Å². The summed E-state index contributed by atoms with van der Waals surface area (Å²) in [5, 5.41) is 0. The number of aryl methyl sites for hydroxylation is 1. The van der Waals surface area contributed by atoms with Crippen LogP contribution in [0.25, 0.3) is 0 Å². The molecule has 0 aliphatic rings. The van der Waals surface area contributed by atoms with E-state index in [1.807, 2.05) is 13.0 Å². The first kappa shape index (κ1) is 11.3. The van der Waals surface area contributed by atoms with Gasteiger partial charge in [0.05, 0.1) is 7.11 Å². The fourth-order valence-corrected chi connectivity index (χ4v) is 1.57. The number of ketones is 1. The SMILES string of the molecule is COc1cccc(C(=O)c2cc(C)ccn2)c1. The number of hydrogen-bond donors (Lipinski definition) is 0. The van der Waals surface area contributed by atoms with E-state index in [2.05, 4.69) is 4.98 Å². The third-order valence-corrected chi connectivity index (χ3v) is 2.48. The monoisotopic (exact) mass is 227 g/mol. The van der Waals surface area contributed by atoms with E-state index in [1.54, 1.807) is 43.6 Å². The molecule has 1 aromatic heterocycles. The van der Waals surface area contributed by atoms with E-state index >= 15 is 0 Å². The van der Waals surface area contributed by atoms with Gasteiger partial charge < -0.3 is 4.74 Å². The minimum absolute atomic E-state index is 0.0902. The summed E-state index contributed by atoms with van der Waals surface area (Å²) in [6.45, 7) is 1.93. The van der Waals surface area contributed by atoms with Crippen LogP contribution in [0.3, 0.4) is 0 Å². The number of carbonyl (C=O) groups excluding carboxylic acids is 1. The molecule has 0 saturated heterocycles. The second-order valence-corrected chi connectivity index (χ2v) is 3.78. The normalized spacial score (nSPS) is 10.0. The van der Waals surface area contributed by atoms with E-state index in [1.165, 1.54) is 0 Å². The second kappa shape index (κ2) is 4.78. The Bertz CT molecular complexity index is 549. The highest BCUT2D eigenvalue weighted by atomic mass is 16.5. The van der Waals surface area contributed by atoms with Crippen LogP contribution >= 0.6 is 0 Å². The summed E-state index contributed by atoms with van der Waals surface area (Å²) < 4.78 is 5.09. The maximum absolute atomic E-state index is 12.1. The Morgan fingerprint density at radius 3 is 2.76 bits per heavy atom. The van der Waals surface area contributed by atoms with Crippen molar-refractivity contribution in [3.05, 3.63) is 59.4 Å². The molecule has 17 heavy (non-hydrogen) atoms. The number of pyridine rings is 1. The van der Waals surface area contributed by atoms with Crippen molar-refractivity contribution < 1.29 is 9.53 Å². The molecule has 2 aromatic rings. The van der Waals surface area contributed by atoms with Crippen molar-refractivity contribution in [1.29, 1.82) is 0 Å². The molecule has 0 bridgehead atoms. The summed E-state index contributed by atoms with van der Waals surface area (Å²) >= 11 is 0. The molecule has 1 heterocycles. The first-order valence-electron chi connectivity index (χ1n) is 5.32. The Hall–Kier alpha value is -2.16. The summed E-state index contributed by atoms with van der Waals surface area (Å²) in [5.41, 5.74) is 2.06. The van der Waals surface area contributed by atoms with Gasteiger partial charge in [-0.15, -0.1) is 0 Å². The molecule has 0 spiro atoms. The minimum atomic E-state index is -0.0902. The zero-order chi connectivity index (χ0) is 12.3. The average molecular weight is 227 g/mol. The Morgan fingerprint density at radius 2 is 2.06 bits per heavy atom. The van der Waals surface area contributed by atoms with Crippen LogP contribution in [0.2, 0.25) is 0 Å². The van der Waals surface area contributed by atoms with Crippen molar-refractivity contribution in [1.82, 2.24) is 4.98 Å². The van der Waals surface area contributed by atoms with Gasteiger partial charge in [0.2, 0.25) is 5.78 Å². The van der Waals surface area contributed by atoms with Gasteiger partial charge in [-0.2, -0.15) is 0 Å². The molecule has 0 aliphatic carbocycles. The van der Waals surface area contributed by atoms with Crippen molar-refractivity contribution >= 4 is 5.78 Å². The van der Waals surface area contributed by atoms with Crippen LogP contribution in [0.15, 0.2) is 42.6 Å². The van der Waals surface area contributed by atoms with Gasteiger partial charge in [0.25, 0.3) is 0 Å². The van der Waals surface area contributed by atoms with Crippen LogP contribution < -0.4 is 4.74 Å². The van der Waals surface area contributed by atoms with Gasteiger partial charge in [0.1, 0.15) is 11.4 Å². The van der Waals surface area contributed by atoms with Gasteiger partial charge in [-0.05, 0) is 36.8 Å². The number of hydrogen-bond acceptors (Lipinski definition) is 3. The van der Waals surface area contributed by atoms with Crippen LogP contribution in [0.5, 0.6) is 5.75 Å². The largest absolute Gasteiger partial charge is 0.497 e. The first-order valence-corrected chi connectivity index (χ1v) is 5.32. The average Bonchev–Trinajstić information content (AvgIpc) is 2.38. The third kappa shape index (κ3) is 2.50. The van der Waals surface area contributed by atoms with Crippen LogP contribution in [-0.4, -0.2) is 17.9 Å². The number of aromatic nitrogens is 1. The Kier molecular flexibility index (Phi) is 3.19. The van der Waals surface area contributed by atoms with Crippen molar-refractivity contribution in [2.45, 2.75) is 6.92 Å². The fraction of sp³-hybridized carbons (Fsp3) is 0.143. The molecule has 0 saturated carbocycles. The van der Waals surface area contributed by atoms with E-state index in [0.717, 1.165) is 5.56 Å². The predicted octanol–water partition coefficient (Wildman–Crippen LogP) is 2.63. The van der Waals surface area contributed by atoms with Crippen molar-refractivity contribution in [3.8, 4) is 5.75 Å². The lowest BCUT2D eigenvalue weighted by Crippen LogP contribution is -2.04. The number of ether oxygens (including phenoxy) is 1. The molecule has 0 N–H and O–H groups in total. The minimum Gasteiger partial charge on any atom is -0.497 e. The van der Waals surface area contributed by atoms with Gasteiger partial charge in [0.15, 0.2) is 0 Å². The Balaban J connectivity index is 2.36. The molecular weight excluding hydrogens is 214 g/mol. The van der Waals surface area contributed by atoms with Gasteiger partial charge in [0, 0.05) is 11.8 Å². The number of methoxy groups -OCH3 is 1. The first-order chi connectivity index (χ1) is 8.20.